The molecule has 2 N–H and O–H groups in total. The molecular weight excluding hydrogens is 562 g/mol. The summed E-state index contributed by atoms with van der Waals surface area (Å²) in [6.07, 6.45) is 0. The number of carbonyl (C=O) groups excluding carboxylic acids is 1. The van der Waals surface area contributed by atoms with Crippen LogP contribution in [0.4, 0.5) is 11.6 Å². The summed E-state index contributed by atoms with van der Waals surface area (Å²) in [7, 11) is 0. The normalized spacial score (nSPS) is 14.1. The number of aryl methyl sites for hydroxylation is 1. The monoisotopic (exact) mass is 599 g/mol. The summed E-state index contributed by atoms with van der Waals surface area (Å²) in [4.78, 5) is 18.7. The van der Waals surface area contributed by atoms with Gasteiger partial charge in [0.25, 0.3) is 5.91 Å². The van der Waals surface area contributed by atoms with E-state index >= 15 is 0 Å². The Balaban J connectivity index is 1.53. The summed E-state index contributed by atoms with van der Waals surface area (Å²) in [6, 6.07) is 20.8. The molecule has 0 saturated heterocycles. The summed E-state index contributed by atoms with van der Waals surface area (Å²) >= 11 is 1.54. The van der Waals surface area contributed by atoms with E-state index in [0.717, 1.165) is 16.9 Å². The third kappa shape index (κ3) is 6.80. The molecule has 0 radical (unpaired) electrons. The second kappa shape index (κ2) is 13.7. The summed E-state index contributed by atoms with van der Waals surface area (Å²) < 4.78 is 19.8. The molecule has 0 saturated carbocycles. The maximum atomic E-state index is 14.0. The van der Waals surface area contributed by atoms with E-state index in [1.54, 1.807) is 16.4 Å². The van der Waals surface area contributed by atoms with Crippen molar-refractivity contribution in [1.29, 1.82) is 0 Å². The highest BCUT2D eigenvalue weighted by atomic mass is 32.2. The van der Waals surface area contributed by atoms with Gasteiger partial charge in [-0.15, -0.1) is 5.10 Å². The first-order valence-corrected chi connectivity index (χ1v) is 15.5. The van der Waals surface area contributed by atoms with E-state index in [1.807, 2.05) is 75.4 Å². The fraction of sp³-hybridized carbons (Fsp3) is 0.303. The zero-order valence-corrected chi connectivity index (χ0v) is 26.0. The Bertz CT molecular complexity index is 1630. The molecule has 3 aromatic carbocycles. The molecule has 4 aromatic rings. The number of nitrogens with zero attached hydrogens (tertiary/aromatic N) is 3. The van der Waals surface area contributed by atoms with Gasteiger partial charge in [0, 0.05) is 5.70 Å². The number of rotatable bonds is 12. The quantitative estimate of drug-likeness (QED) is 0.168. The molecule has 1 aliphatic heterocycles. The molecule has 5 rings (SSSR count). The molecule has 43 heavy (non-hydrogen) atoms. The first-order valence-electron chi connectivity index (χ1n) is 14.5. The first kappa shape index (κ1) is 30.0. The van der Waals surface area contributed by atoms with Crippen molar-refractivity contribution in [2.45, 2.75) is 52.4 Å². The molecule has 1 amide bonds. The number of benzene rings is 3. The highest BCUT2D eigenvalue weighted by molar-refractivity contribution is 7.99. The number of fused-ring (bicyclic) bond motifs is 1. The van der Waals surface area contributed by atoms with Gasteiger partial charge in [-0.2, -0.15) is 4.98 Å². The second-order valence-corrected chi connectivity index (χ2v) is 11.2. The predicted octanol–water partition coefficient (Wildman–Crippen LogP) is 7.00. The van der Waals surface area contributed by atoms with Gasteiger partial charge in [0.05, 0.1) is 24.5 Å². The number of amides is 1. The number of anilines is 2. The van der Waals surface area contributed by atoms with Crippen molar-refractivity contribution in [3.05, 3.63) is 94.7 Å². The van der Waals surface area contributed by atoms with Crippen LogP contribution in [0.1, 0.15) is 50.4 Å². The number of hydrogen-bond donors (Lipinski definition) is 2. The zero-order valence-electron chi connectivity index (χ0n) is 25.1. The van der Waals surface area contributed by atoms with E-state index < -0.39 is 6.04 Å². The van der Waals surface area contributed by atoms with E-state index in [9.17, 15) is 4.79 Å². The smallest absolute Gasteiger partial charge is 0.255 e. The lowest BCUT2D eigenvalue weighted by Crippen LogP contribution is -2.31. The van der Waals surface area contributed by atoms with Gasteiger partial charge in [-0.1, -0.05) is 66.7 Å². The van der Waals surface area contributed by atoms with Crippen molar-refractivity contribution in [3.63, 3.8) is 0 Å². The maximum absolute atomic E-state index is 14.0. The Morgan fingerprint density at radius 3 is 2.49 bits per heavy atom. The third-order valence-electron chi connectivity index (χ3n) is 6.85. The minimum Gasteiger partial charge on any atom is -0.492 e. The average molecular weight is 600 g/mol. The largest absolute Gasteiger partial charge is 0.492 e. The molecule has 9 nitrogen and oxygen atoms in total. The van der Waals surface area contributed by atoms with Crippen LogP contribution in [0.15, 0.2) is 83.2 Å². The number of para-hydroxylation sites is 2. The van der Waals surface area contributed by atoms with Gasteiger partial charge in [-0.3, -0.25) is 4.79 Å². The fourth-order valence-electron chi connectivity index (χ4n) is 5.01. The zero-order chi connectivity index (χ0) is 30.3. The molecular formula is C33H37N5O4S. The number of aromatic nitrogens is 3. The van der Waals surface area contributed by atoms with Gasteiger partial charge in [0.2, 0.25) is 11.1 Å². The number of carbonyl (C=O) groups is 1. The Morgan fingerprint density at radius 2 is 1.72 bits per heavy atom. The van der Waals surface area contributed by atoms with Gasteiger partial charge in [-0.05, 0) is 68.8 Å². The lowest BCUT2D eigenvalue weighted by molar-refractivity contribution is -0.113. The minimum absolute atomic E-state index is 0.272. The summed E-state index contributed by atoms with van der Waals surface area (Å²) in [5, 5.41) is 11.8. The molecule has 10 heteroatoms. The van der Waals surface area contributed by atoms with E-state index in [1.165, 1.54) is 5.56 Å². The lowest BCUT2D eigenvalue weighted by atomic mass is 9.94. The number of ether oxygens (including phenoxy) is 3. The number of thioether (sulfide) groups is 1. The van der Waals surface area contributed by atoms with Crippen LogP contribution >= 0.6 is 11.8 Å². The van der Waals surface area contributed by atoms with Crippen LogP contribution in [0.2, 0.25) is 0 Å². The van der Waals surface area contributed by atoms with Gasteiger partial charge in [0.1, 0.15) is 18.4 Å². The highest BCUT2D eigenvalue weighted by Crippen LogP contribution is 2.40. The molecule has 1 aromatic heterocycles. The summed E-state index contributed by atoms with van der Waals surface area (Å²) in [5.41, 5.74) is 4.84. The molecule has 0 spiro atoms. The van der Waals surface area contributed by atoms with Crippen molar-refractivity contribution in [3.8, 4) is 17.2 Å². The molecule has 1 atom stereocenters. The second-order valence-electron chi connectivity index (χ2n) is 9.96. The van der Waals surface area contributed by atoms with Crippen molar-refractivity contribution < 1.29 is 19.0 Å². The van der Waals surface area contributed by atoms with Crippen molar-refractivity contribution in [2.24, 2.45) is 0 Å². The van der Waals surface area contributed by atoms with E-state index in [4.69, 9.17) is 24.3 Å². The van der Waals surface area contributed by atoms with Crippen LogP contribution in [0, 0.1) is 6.92 Å². The summed E-state index contributed by atoms with van der Waals surface area (Å²) in [5.74, 6) is 2.94. The van der Waals surface area contributed by atoms with Crippen LogP contribution in [-0.2, 0) is 11.4 Å². The van der Waals surface area contributed by atoms with E-state index in [2.05, 4.69) is 36.6 Å². The van der Waals surface area contributed by atoms with Crippen molar-refractivity contribution in [1.82, 2.24) is 14.8 Å². The lowest BCUT2D eigenvalue weighted by Gasteiger charge is -2.29. The molecule has 2 heterocycles. The molecule has 0 aliphatic carbocycles. The van der Waals surface area contributed by atoms with Crippen LogP contribution < -0.4 is 24.8 Å². The first-order chi connectivity index (χ1) is 20.9. The van der Waals surface area contributed by atoms with Crippen molar-refractivity contribution >= 4 is 29.3 Å². The Kier molecular flexibility index (Phi) is 9.56. The van der Waals surface area contributed by atoms with Crippen LogP contribution in [0.3, 0.4) is 0 Å². The SMILES string of the molecule is CCOc1ccccc1NC(=O)C1=C(C)Nc2nc(SCC)nn2C1c1ccc(OCc2cccc(C)c2)c(OCC)c1. The van der Waals surface area contributed by atoms with E-state index in [-0.39, 0.29) is 5.91 Å². The Hall–Kier alpha value is -4.44. The van der Waals surface area contributed by atoms with Crippen LogP contribution in [-0.4, -0.2) is 39.6 Å². The standard InChI is InChI=1S/C33H37N5O4S/c1-6-40-26-15-10-9-14-25(26)35-31(39)29-22(5)34-32-36-33(43-8-3)37-38(32)30(29)24-16-17-27(28(19-24)41-7-2)42-20-23-13-11-12-21(4)18-23/h9-19,30H,6-8,20H2,1-5H3,(H,35,39)(H,34,36,37). The van der Waals surface area contributed by atoms with Crippen LogP contribution in [0.5, 0.6) is 17.2 Å². The van der Waals surface area contributed by atoms with E-state index in [0.29, 0.717) is 65.1 Å². The fourth-order valence-corrected chi connectivity index (χ4v) is 5.57. The molecule has 1 unspecified atom stereocenters. The summed E-state index contributed by atoms with van der Waals surface area (Å²) in [6.45, 7) is 11.2. The van der Waals surface area contributed by atoms with Gasteiger partial charge in [0.15, 0.2) is 11.5 Å². The van der Waals surface area contributed by atoms with Crippen molar-refractivity contribution in [2.75, 3.05) is 29.6 Å². The van der Waals surface area contributed by atoms with Crippen LogP contribution in [0.25, 0.3) is 0 Å². The predicted molar refractivity (Wildman–Crippen MR) is 170 cm³/mol. The number of hydrogen-bond acceptors (Lipinski definition) is 8. The number of allylic oxidation sites excluding steroid dienone is 1. The molecule has 0 fully saturated rings. The molecule has 224 valence electrons. The Morgan fingerprint density at radius 1 is 0.930 bits per heavy atom. The van der Waals surface area contributed by atoms with Gasteiger partial charge in [-0.25, -0.2) is 4.68 Å². The van der Waals surface area contributed by atoms with Gasteiger partial charge >= 0.3 is 0 Å². The molecule has 0 bridgehead atoms. The maximum Gasteiger partial charge on any atom is 0.255 e. The highest BCUT2D eigenvalue weighted by Gasteiger charge is 2.35. The average Bonchev–Trinajstić information content (AvgIpc) is 3.39. The third-order valence-corrected chi connectivity index (χ3v) is 7.57. The number of nitrogens with one attached hydrogen (secondary N) is 2. The molecule has 1 aliphatic rings. The van der Waals surface area contributed by atoms with Gasteiger partial charge < -0.3 is 24.8 Å². The minimum atomic E-state index is -0.570. The Labute approximate surface area is 256 Å². The topological polar surface area (TPSA) is 99.5 Å².